The third-order valence-electron chi connectivity index (χ3n) is 2.49. The maximum Gasteiger partial charge on any atom is 0.264 e. The monoisotopic (exact) mass is 235 g/mol. The molecule has 0 aliphatic heterocycles. The summed E-state index contributed by atoms with van der Waals surface area (Å²) in [6.45, 7) is 0.174. The molecule has 6 heteroatoms. The number of hydrogen-bond donors (Lipinski definition) is 0. The second kappa shape index (κ2) is 4.12. The van der Waals surface area contributed by atoms with Crippen LogP contribution in [0.25, 0.3) is 0 Å². The van der Waals surface area contributed by atoms with Gasteiger partial charge in [-0.1, -0.05) is 5.16 Å². The molecule has 1 aliphatic carbocycles. The largest absolute Gasteiger partial charge is 0.482 e. The van der Waals surface area contributed by atoms with Crippen LogP contribution in [0.15, 0.2) is 22.9 Å². The zero-order chi connectivity index (χ0) is 11.7. The summed E-state index contributed by atoms with van der Waals surface area (Å²) in [5, 5.41) is 3.86. The first-order chi connectivity index (χ1) is 8.31. The van der Waals surface area contributed by atoms with Crippen LogP contribution in [0.5, 0.6) is 5.75 Å². The Morgan fingerprint density at radius 2 is 2.29 bits per heavy atom. The Morgan fingerprint density at radius 1 is 1.41 bits per heavy atom. The Balaban J connectivity index is 1.60. The molecule has 0 amide bonds. The van der Waals surface area contributed by atoms with Crippen molar-refractivity contribution in [3.8, 4) is 5.75 Å². The van der Waals surface area contributed by atoms with Crippen molar-refractivity contribution in [2.45, 2.75) is 25.4 Å². The minimum Gasteiger partial charge on any atom is -0.482 e. The van der Waals surface area contributed by atoms with Gasteiger partial charge in [0, 0.05) is 5.92 Å². The molecule has 1 aliphatic rings. The molecule has 2 aromatic rings. The highest BCUT2D eigenvalue weighted by atomic mass is 19.1. The van der Waals surface area contributed by atoms with E-state index in [4.69, 9.17) is 9.26 Å². The number of halogens is 1. The number of nitrogens with zero attached hydrogens (tertiary/aromatic N) is 3. The van der Waals surface area contributed by atoms with Crippen molar-refractivity contribution in [2.24, 2.45) is 0 Å². The van der Waals surface area contributed by atoms with Gasteiger partial charge in [-0.2, -0.15) is 9.37 Å². The molecule has 2 heterocycles. The molecule has 88 valence electrons. The van der Waals surface area contributed by atoms with E-state index < -0.39 is 5.95 Å². The molecule has 1 fully saturated rings. The zero-order valence-electron chi connectivity index (χ0n) is 8.97. The van der Waals surface area contributed by atoms with E-state index in [1.165, 1.54) is 18.3 Å². The zero-order valence-corrected chi connectivity index (χ0v) is 8.97. The Bertz CT molecular complexity index is 508. The second-order valence-electron chi connectivity index (χ2n) is 3.93. The molecule has 0 spiro atoms. The molecule has 0 unspecified atom stereocenters. The van der Waals surface area contributed by atoms with Crippen molar-refractivity contribution < 1.29 is 13.7 Å². The van der Waals surface area contributed by atoms with E-state index in [1.54, 1.807) is 0 Å². The van der Waals surface area contributed by atoms with Gasteiger partial charge in [0.25, 0.3) is 5.89 Å². The molecule has 3 rings (SSSR count). The summed E-state index contributed by atoms with van der Waals surface area (Å²) in [5.41, 5.74) is 0. The van der Waals surface area contributed by atoms with Crippen LogP contribution in [0.1, 0.15) is 30.5 Å². The molecular weight excluding hydrogens is 225 g/mol. The van der Waals surface area contributed by atoms with E-state index >= 15 is 0 Å². The fraction of sp³-hybridized carbons (Fsp3) is 0.364. The lowest BCUT2D eigenvalue weighted by atomic mass is 10.4. The quantitative estimate of drug-likeness (QED) is 0.759. The molecular formula is C11H10FN3O2. The van der Waals surface area contributed by atoms with Gasteiger partial charge in [0.15, 0.2) is 12.4 Å². The van der Waals surface area contributed by atoms with Crippen molar-refractivity contribution >= 4 is 0 Å². The minimum absolute atomic E-state index is 0.174. The normalized spacial score (nSPS) is 14.9. The predicted molar refractivity (Wildman–Crippen MR) is 54.8 cm³/mol. The van der Waals surface area contributed by atoms with Gasteiger partial charge < -0.3 is 9.26 Å². The minimum atomic E-state index is -0.536. The first-order valence-electron chi connectivity index (χ1n) is 5.38. The molecule has 2 aromatic heterocycles. The van der Waals surface area contributed by atoms with Gasteiger partial charge in [0.05, 0.1) is 6.20 Å². The highest BCUT2D eigenvalue weighted by Gasteiger charge is 2.28. The van der Waals surface area contributed by atoms with E-state index in [9.17, 15) is 4.39 Å². The van der Waals surface area contributed by atoms with E-state index in [1.807, 2.05) is 0 Å². The number of hydrogen-bond acceptors (Lipinski definition) is 5. The second-order valence-corrected chi connectivity index (χ2v) is 3.93. The van der Waals surface area contributed by atoms with Gasteiger partial charge >= 0.3 is 0 Å². The Labute approximate surface area is 96.6 Å². The van der Waals surface area contributed by atoms with Gasteiger partial charge in [-0.15, -0.1) is 0 Å². The van der Waals surface area contributed by atoms with Crippen LogP contribution >= 0.6 is 0 Å². The Hall–Kier alpha value is -1.98. The van der Waals surface area contributed by atoms with Gasteiger partial charge in [-0.05, 0) is 25.0 Å². The van der Waals surface area contributed by atoms with E-state index in [-0.39, 0.29) is 6.61 Å². The molecule has 1 saturated carbocycles. The van der Waals surface area contributed by atoms with Crippen LogP contribution in [0.2, 0.25) is 0 Å². The third-order valence-corrected chi connectivity index (χ3v) is 2.49. The van der Waals surface area contributed by atoms with Crippen LogP contribution in [0.3, 0.4) is 0 Å². The summed E-state index contributed by atoms with van der Waals surface area (Å²) in [4.78, 5) is 7.68. The molecule has 17 heavy (non-hydrogen) atoms. The Morgan fingerprint density at radius 3 is 3.00 bits per heavy atom. The van der Waals surface area contributed by atoms with Crippen LogP contribution in [0.4, 0.5) is 4.39 Å². The van der Waals surface area contributed by atoms with Crippen molar-refractivity contribution in [1.29, 1.82) is 0 Å². The maximum absolute atomic E-state index is 12.5. The Kier molecular flexibility index (Phi) is 2.47. The van der Waals surface area contributed by atoms with E-state index in [0.717, 1.165) is 18.7 Å². The molecule has 0 radical (unpaired) electrons. The van der Waals surface area contributed by atoms with E-state index in [2.05, 4.69) is 15.1 Å². The molecule has 0 atom stereocenters. The fourth-order valence-corrected chi connectivity index (χ4v) is 1.43. The molecule has 0 aromatic carbocycles. The number of aromatic nitrogens is 3. The van der Waals surface area contributed by atoms with Crippen molar-refractivity contribution in [3.63, 3.8) is 0 Å². The molecule has 0 bridgehead atoms. The lowest BCUT2D eigenvalue weighted by Gasteiger charge is -2.00. The lowest BCUT2D eigenvalue weighted by Crippen LogP contribution is -1.96. The first-order valence-corrected chi connectivity index (χ1v) is 5.38. The van der Waals surface area contributed by atoms with Gasteiger partial charge in [0.2, 0.25) is 5.95 Å². The van der Waals surface area contributed by atoms with Crippen molar-refractivity contribution in [1.82, 2.24) is 15.1 Å². The van der Waals surface area contributed by atoms with Gasteiger partial charge in [0.1, 0.15) is 5.75 Å². The van der Waals surface area contributed by atoms with E-state index in [0.29, 0.717) is 17.6 Å². The first kappa shape index (κ1) is 10.2. The topological polar surface area (TPSA) is 61.0 Å². The number of pyridine rings is 1. The number of rotatable bonds is 4. The van der Waals surface area contributed by atoms with Gasteiger partial charge in [-0.25, -0.2) is 4.98 Å². The maximum atomic E-state index is 12.5. The average molecular weight is 235 g/mol. The van der Waals surface area contributed by atoms with Crippen molar-refractivity contribution in [3.05, 3.63) is 36.0 Å². The SMILES string of the molecule is Fc1ccc(OCc2nc(C3CC3)no2)cn1. The smallest absolute Gasteiger partial charge is 0.264 e. The summed E-state index contributed by atoms with van der Waals surface area (Å²) >= 11 is 0. The van der Waals surface area contributed by atoms with Crippen LogP contribution in [0, 0.1) is 5.95 Å². The summed E-state index contributed by atoms with van der Waals surface area (Å²) in [7, 11) is 0. The van der Waals surface area contributed by atoms with Crippen LogP contribution < -0.4 is 4.74 Å². The number of ether oxygens (including phenoxy) is 1. The summed E-state index contributed by atoms with van der Waals surface area (Å²) < 4.78 is 22.9. The predicted octanol–water partition coefficient (Wildman–Crippen LogP) is 2.06. The van der Waals surface area contributed by atoms with Crippen molar-refractivity contribution in [2.75, 3.05) is 0 Å². The fourth-order valence-electron chi connectivity index (χ4n) is 1.43. The summed E-state index contributed by atoms with van der Waals surface area (Å²) in [6, 6.07) is 2.74. The summed E-state index contributed by atoms with van der Waals surface area (Å²) in [6.07, 6.45) is 3.57. The highest BCUT2D eigenvalue weighted by Crippen LogP contribution is 2.38. The lowest BCUT2D eigenvalue weighted by molar-refractivity contribution is 0.241. The third kappa shape index (κ3) is 2.41. The summed E-state index contributed by atoms with van der Waals surface area (Å²) in [5.74, 6) is 1.57. The van der Waals surface area contributed by atoms with Crippen LogP contribution in [-0.4, -0.2) is 15.1 Å². The molecule has 5 nitrogen and oxygen atoms in total. The highest BCUT2D eigenvalue weighted by molar-refractivity contribution is 5.16. The van der Waals surface area contributed by atoms with Gasteiger partial charge in [-0.3, -0.25) is 0 Å². The molecule has 0 saturated heterocycles. The van der Waals surface area contributed by atoms with Crippen LogP contribution in [-0.2, 0) is 6.61 Å². The standard InChI is InChI=1S/C11H10FN3O2/c12-9-4-3-8(5-13-9)16-6-10-14-11(15-17-10)7-1-2-7/h3-5,7H,1-2,6H2. The molecule has 0 N–H and O–H groups in total. The average Bonchev–Trinajstić information content (AvgIpc) is 3.09.